The van der Waals surface area contributed by atoms with Gasteiger partial charge >= 0.3 is 0 Å². The number of benzene rings is 2. The molecule has 2 rings (SSSR count). The van der Waals surface area contributed by atoms with Crippen LogP contribution in [0.25, 0.3) is 6.08 Å². The van der Waals surface area contributed by atoms with Gasteiger partial charge in [0, 0.05) is 22.7 Å². The van der Waals surface area contributed by atoms with E-state index in [2.05, 4.69) is 21.2 Å². The van der Waals surface area contributed by atoms with Crippen LogP contribution in [0.4, 0.5) is 4.39 Å². The highest BCUT2D eigenvalue weighted by Gasteiger charge is 2.05. The third kappa shape index (κ3) is 4.83. The summed E-state index contributed by atoms with van der Waals surface area (Å²) in [6, 6.07) is 9.94. The van der Waals surface area contributed by atoms with Crippen LogP contribution in [-0.4, -0.2) is 20.1 Å². The van der Waals surface area contributed by atoms with Crippen molar-refractivity contribution in [2.24, 2.45) is 0 Å². The van der Waals surface area contributed by atoms with Gasteiger partial charge in [-0.1, -0.05) is 22.0 Å². The van der Waals surface area contributed by atoms with Crippen molar-refractivity contribution in [3.05, 3.63) is 63.9 Å². The number of amides is 1. The van der Waals surface area contributed by atoms with E-state index in [1.165, 1.54) is 18.2 Å². The molecule has 4 nitrogen and oxygen atoms in total. The van der Waals surface area contributed by atoms with Crippen LogP contribution in [0.2, 0.25) is 0 Å². The van der Waals surface area contributed by atoms with E-state index in [0.29, 0.717) is 23.6 Å². The molecular formula is C18H17BrFNO3. The van der Waals surface area contributed by atoms with Gasteiger partial charge in [0.15, 0.2) is 11.5 Å². The van der Waals surface area contributed by atoms with E-state index in [1.54, 1.807) is 38.5 Å². The second-order valence-electron chi connectivity index (χ2n) is 4.91. The lowest BCUT2D eigenvalue weighted by atomic mass is 10.2. The third-order valence-electron chi connectivity index (χ3n) is 3.29. The fourth-order valence-corrected chi connectivity index (χ4v) is 2.43. The van der Waals surface area contributed by atoms with Gasteiger partial charge in [-0.25, -0.2) is 4.39 Å². The molecule has 0 aliphatic rings. The molecule has 0 saturated carbocycles. The molecule has 2 aromatic rings. The number of hydrogen-bond donors (Lipinski definition) is 1. The Balaban J connectivity index is 1.98. The lowest BCUT2D eigenvalue weighted by Gasteiger charge is -2.09. The van der Waals surface area contributed by atoms with Gasteiger partial charge in [-0.05, 0) is 42.0 Å². The molecule has 0 atom stereocenters. The predicted molar refractivity (Wildman–Crippen MR) is 94.5 cm³/mol. The van der Waals surface area contributed by atoms with Crippen molar-refractivity contribution in [2.75, 3.05) is 14.2 Å². The van der Waals surface area contributed by atoms with Crippen LogP contribution in [0.5, 0.6) is 11.5 Å². The Bertz CT molecular complexity index is 762. The quantitative estimate of drug-likeness (QED) is 0.756. The molecule has 0 aliphatic heterocycles. The highest BCUT2D eigenvalue weighted by atomic mass is 79.9. The standard InChI is InChI=1S/C18H17BrFNO3/c1-23-16-7-3-12(9-17(16)24-2)11-21-18(22)8-4-13-10-14(19)5-6-15(13)20/h3-10H,11H2,1-2H3,(H,21,22)/b8-4+. The number of carbonyl (C=O) groups is 1. The van der Waals surface area contributed by atoms with Gasteiger partial charge in [-0.3, -0.25) is 4.79 Å². The van der Waals surface area contributed by atoms with Crippen LogP contribution in [0, 0.1) is 5.82 Å². The summed E-state index contributed by atoms with van der Waals surface area (Å²) < 4.78 is 24.7. The van der Waals surface area contributed by atoms with Crippen molar-refractivity contribution >= 4 is 27.9 Å². The highest BCUT2D eigenvalue weighted by molar-refractivity contribution is 9.10. The maximum Gasteiger partial charge on any atom is 0.244 e. The van der Waals surface area contributed by atoms with Crippen molar-refractivity contribution in [3.63, 3.8) is 0 Å². The number of halogens is 2. The summed E-state index contributed by atoms with van der Waals surface area (Å²) >= 11 is 3.27. The van der Waals surface area contributed by atoms with Crippen molar-refractivity contribution in [3.8, 4) is 11.5 Å². The fraction of sp³-hybridized carbons (Fsp3) is 0.167. The molecule has 2 aromatic carbocycles. The topological polar surface area (TPSA) is 47.6 Å². The zero-order valence-corrected chi connectivity index (χ0v) is 14.9. The van der Waals surface area contributed by atoms with Crippen molar-refractivity contribution < 1.29 is 18.7 Å². The number of nitrogens with one attached hydrogen (secondary N) is 1. The second kappa shape index (κ2) is 8.49. The Hall–Kier alpha value is -2.34. The van der Waals surface area contributed by atoms with Gasteiger partial charge in [0.25, 0.3) is 0 Å². The van der Waals surface area contributed by atoms with E-state index in [9.17, 15) is 9.18 Å². The summed E-state index contributed by atoms with van der Waals surface area (Å²) in [5, 5.41) is 2.74. The molecule has 0 fully saturated rings. The van der Waals surface area contributed by atoms with E-state index in [-0.39, 0.29) is 11.7 Å². The Morgan fingerprint density at radius 1 is 1.17 bits per heavy atom. The first kappa shape index (κ1) is 18.0. The molecule has 0 radical (unpaired) electrons. The molecule has 0 heterocycles. The summed E-state index contributed by atoms with van der Waals surface area (Å²) in [5.74, 6) is 0.514. The number of rotatable bonds is 6. The molecule has 24 heavy (non-hydrogen) atoms. The maximum absolute atomic E-state index is 13.6. The van der Waals surface area contributed by atoms with Crippen LogP contribution in [0.1, 0.15) is 11.1 Å². The zero-order valence-electron chi connectivity index (χ0n) is 13.3. The number of ether oxygens (including phenoxy) is 2. The lowest BCUT2D eigenvalue weighted by molar-refractivity contribution is -0.116. The summed E-state index contributed by atoms with van der Waals surface area (Å²) in [6.45, 7) is 0.324. The summed E-state index contributed by atoms with van der Waals surface area (Å²) in [4.78, 5) is 11.9. The SMILES string of the molecule is COc1ccc(CNC(=O)/C=C/c2cc(Br)ccc2F)cc1OC. The van der Waals surface area contributed by atoms with Gasteiger partial charge in [0.05, 0.1) is 14.2 Å². The lowest BCUT2D eigenvalue weighted by Crippen LogP contribution is -2.20. The van der Waals surface area contributed by atoms with Crippen LogP contribution in [0.15, 0.2) is 46.9 Å². The van der Waals surface area contributed by atoms with Gasteiger partial charge in [-0.2, -0.15) is 0 Å². The Morgan fingerprint density at radius 2 is 1.92 bits per heavy atom. The highest BCUT2D eigenvalue weighted by Crippen LogP contribution is 2.27. The molecule has 126 valence electrons. The van der Waals surface area contributed by atoms with Gasteiger partial charge < -0.3 is 14.8 Å². The second-order valence-corrected chi connectivity index (χ2v) is 5.82. The molecule has 0 saturated heterocycles. The molecular weight excluding hydrogens is 377 g/mol. The van der Waals surface area contributed by atoms with Crippen LogP contribution in [-0.2, 0) is 11.3 Å². The molecule has 0 unspecified atom stereocenters. The van der Waals surface area contributed by atoms with E-state index >= 15 is 0 Å². The number of methoxy groups -OCH3 is 2. The van der Waals surface area contributed by atoms with Gasteiger partial charge in [-0.15, -0.1) is 0 Å². The van der Waals surface area contributed by atoms with Gasteiger partial charge in [0.1, 0.15) is 5.82 Å². The maximum atomic E-state index is 13.6. The monoisotopic (exact) mass is 393 g/mol. The predicted octanol–water partition coefficient (Wildman–Crippen LogP) is 3.94. The fourth-order valence-electron chi connectivity index (χ4n) is 2.05. The van der Waals surface area contributed by atoms with E-state index in [0.717, 1.165) is 10.0 Å². The number of hydrogen-bond acceptors (Lipinski definition) is 3. The van der Waals surface area contributed by atoms with E-state index < -0.39 is 0 Å². The Morgan fingerprint density at radius 3 is 2.62 bits per heavy atom. The summed E-state index contributed by atoms with van der Waals surface area (Å²) in [6.07, 6.45) is 2.73. The zero-order chi connectivity index (χ0) is 17.5. The first-order chi connectivity index (χ1) is 11.5. The van der Waals surface area contributed by atoms with E-state index in [4.69, 9.17) is 9.47 Å². The Kier molecular flexibility index (Phi) is 6.37. The molecule has 6 heteroatoms. The van der Waals surface area contributed by atoms with Crippen molar-refractivity contribution in [1.29, 1.82) is 0 Å². The smallest absolute Gasteiger partial charge is 0.244 e. The largest absolute Gasteiger partial charge is 0.493 e. The molecule has 1 amide bonds. The molecule has 0 spiro atoms. The molecule has 0 aliphatic carbocycles. The first-order valence-corrected chi connectivity index (χ1v) is 7.94. The minimum absolute atomic E-state index is 0.316. The summed E-state index contributed by atoms with van der Waals surface area (Å²) in [5.41, 5.74) is 1.20. The summed E-state index contributed by atoms with van der Waals surface area (Å²) in [7, 11) is 3.11. The van der Waals surface area contributed by atoms with Crippen LogP contribution in [0.3, 0.4) is 0 Å². The minimum Gasteiger partial charge on any atom is -0.493 e. The van der Waals surface area contributed by atoms with Crippen LogP contribution >= 0.6 is 15.9 Å². The van der Waals surface area contributed by atoms with Crippen molar-refractivity contribution in [2.45, 2.75) is 6.54 Å². The minimum atomic E-state index is -0.387. The van der Waals surface area contributed by atoms with Crippen molar-refractivity contribution in [1.82, 2.24) is 5.32 Å². The normalized spacial score (nSPS) is 10.7. The third-order valence-corrected chi connectivity index (χ3v) is 3.78. The first-order valence-electron chi connectivity index (χ1n) is 7.15. The van der Waals surface area contributed by atoms with Crippen LogP contribution < -0.4 is 14.8 Å². The number of carbonyl (C=O) groups excluding carboxylic acids is 1. The molecule has 0 aromatic heterocycles. The molecule has 0 bridgehead atoms. The average molecular weight is 394 g/mol. The van der Waals surface area contributed by atoms with Gasteiger partial charge in [0.2, 0.25) is 5.91 Å². The average Bonchev–Trinajstić information content (AvgIpc) is 2.60. The van der Waals surface area contributed by atoms with E-state index in [1.807, 2.05) is 6.07 Å². The Labute approximate surface area is 148 Å². The molecule has 1 N–H and O–H groups in total.